The highest BCUT2D eigenvalue weighted by Crippen LogP contribution is 2.27. The Morgan fingerprint density at radius 1 is 1.30 bits per heavy atom. The number of nitrogens with zero attached hydrogens (tertiary/aromatic N) is 1. The van der Waals surface area contributed by atoms with Gasteiger partial charge in [-0.25, -0.2) is 4.79 Å². The Hall–Kier alpha value is -1.71. The smallest absolute Gasteiger partial charge is 0.338 e. The van der Waals surface area contributed by atoms with Crippen LogP contribution in [0.15, 0.2) is 18.2 Å². The summed E-state index contributed by atoms with van der Waals surface area (Å²) in [5.41, 5.74) is 8.34. The van der Waals surface area contributed by atoms with Crippen molar-refractivity contribution in [3.8, 4) is 0 Å². The van der Waals surface area contributed by atoms with Gasteiger partial charge in [0.25, 0.3) is 0 Å². The van der Waals surface area contributed by atoms with Crippen molar-refractivity contribution in [2.45, 2.75) is 39.0 Å². The van der Waals surface area contributed by atoms with Crippen LogP contribution in [0.4, 0.5) is 11.4 Å². The van der Waals surface area contributed by atoms with Crippen LogP contribution in [-0.4, -0.2) is 25.7 Å². The lowest BCUT2D eigenvalue weighted by atomic mass is 10.1. The van der Waals surface area contributed by atoms with Gasteiger partial charge in [0.1, 0.15) is 0 Å². The summed E-state index contributed by atoms with van der Waals surface area (Å²) in [5, 5.41) is 0. The fraction of sp³-hybridized carbons (Fsp3) is 0.562. The molecule has 4 nitrogen and oxygen atoms in total. The second kappa shape index (κ2) is 7.17. The molecule has 1 heterocycles. The fourth-order valence-corrected chi connectivity index (χ4v) is 2.50. The molecule has 1 aromatic carbocycles. The average Bonchev–Trinajstić information content (AvgIpc) is 2.48. The number of piperidine rings is 1. The number of hydrogen-bond acceptors (Lipinski definition) is 4. The summed E-state index contributed by atoms with van der Waals surface area (Å²) in [6, 6.07) is 5.49. The van der Waals surface area contributed by atoms with Gasteiger partial charge < -0.3 is 15.4 Å². The zero-order valence-corrected chi connectivity index (χ0v) is 12.2. The number of benzene rings is 1. The molecule has 0 bridgehead atoms. The van der Waals surface area contributed by atoms with Crippen LogP contribution < -0.4 is 10.6 Å². The van der Waals surface area contributed by atoms with E-state index in [2.05, 4.69) is 11.8 Å². The van der Waals surface area contributed by atoms with Gasteiger partial charge in [-0.1, -0.05) is 13.3 Å². The molecule has 1 aliphatic heterocycles. The topological polar surface area (TPSA) is 55.6 Å². The summed E-state index contributed by atoms with van der Waals surface area (Å²) in [7, 11) is 0. The Morgan fingerprint density at radius 3 is 2.70 bits per heavy atom. The first-order valence-electron chi connectivity index (χ1n) is 7.54. The number of esters is 1. The highest BCUT2D eigenvalue weighted by molar-refractivity contribution is 5.92. The van der Waals surface area contributed by atoms with E-state index in [0.717, 1.165) is 31.6 Å². The lowest BCUT2D eigenvalue weighted by molar-refractivity contribution is 0.0500. The van der Waals surface area contributed by atoms with Gasteiger partial charge in [-0.15, -0.1) is 0 Å². The molecular formula is C16H24N2O2. The zero-order valence-electron chi connectivity index (χ0n) is 12.2. The predicted octanol–water partition coefficient (Wildman–Crippen LogP) is 3.22. The average molecular weight is 276 g/mol. The third-order valence-electron chi connectivity index (χ3n) is 3.69. The molecule has 0 atom stereocenters. The number of ether oxygens (including phenoxy) is 1. The van der Waals surface area contributed by atoms with E-state index in [1.807, 2.05) is 12.1 Å². The van der Waals surface area contributed by atoms with Crippen LogP contribution in [0.1, 0.15) is 49.4 Å². The number of anilines is 2. The molecular weight excluding hydrogens is 252 g/mol. The summed E-state index contributed by atoms with van der Waals surface area (Å²) in [5.74, 6) is -0.282. The SMILES string of the molecule is CCCCOC(=O)c1ccc(N2CCCCC2)c(N)c1. The maximum atomic E-state index is 11.9. The van der Waals surface area contributed by atoms with Crippen molar-refractivity contribution in [2.75, 3.05) is 30.3 Å². The maximum Gasteiger partial charge on any atom is 0.338 e. The van der Waals surface area contributed by atoms with Crippen molar-refractivity contribution in [3.63, 3.8) is 0 Å². The zero-order chi connectivity index (χ0) is 14.4. The van der Waals surface area contributed by atoms with Gasteiger partial charge in [-0.3, -0.25) is 0 Å². The number of carbonyl (C=O) groups excluding carboxylic acids is 1. The molecule has 0 aromatic heterocycles. The second-order valence-electron chi connectivity index (χ2n) is 5.31. The number of nitrogens with two attached hydrogens (primary N) is 1. The number of unbranched alkanes of at least 4 members (excludes halogenated alkanes) is 1. The normalized spacial score (nSPS) is 15.2. The van der Waals surface area contributed by atoms with Crippen molar-refractivity contribution < 1.29 is 9.53 Å². The van der Waals surface area contributed by atoms with E-state index in [1.54, 1.807) is 6.07 Å². The van der Waals surface area contributed by atoms with Gasteiger partial charge in [0.05, 0.1) is 23.5 Å². The largest absolute Gasteiger partial charge is 0.462 e. The number of hydrogen-bond donors (Lipinski definition) is 1. The number of rotatable bonds is 5. The van der Waals surface area contributed by atoms with Gasteiger partial charge >= 0.3 is 5.97 Å². The molecule has 1 aliphatic rings. The number of nitrogen functional groups attached to an aromatic ring is 1. The van der Waals surface area contributed by atoms with E-state index >= 15 is 0 Å². The minimum absolute atomic E-state index is 0.282. The van der Waals surface area contributed by atoms with Crippen LogP contribution in [-0.2, 0) is 4.74 Å². The third-order valence-corrected chi connectivity index (χ3v) is 3.69. The van der Waals surface area contributed by atoms with Crippen molar-refractivity contribution >= 4 is 17.3 Å². The van der Waals surface area contributed by atoms with Crippen LogP contribution in [0.25, 0.3) is 0 Å². The molecule has 0 amide bonds. The summed E-state index contributed by atoms with van der Waals surface area (Å²) in [4.78, 5) is 14.2. The standard InChI is InChI=1S/C16H24N2O2/c1-2-3-11-20-16(19)13-7-8-15(14(17)12-13)18-9-5-4-6-10-18/h7-8,12H,2-6,9-11,17H2,1H3. The highest BCUT2D eigenvalue weighted by Gasteiger charge is 2.15. The van der Waals surface area contributed by atoms with E-state index < -0.39 is 0 Å². The predicted molar refractivity (Wildman–Crippen MR) is 82.1 cm³/mol. The van der Waals surface area contributed by atoms with E-state index in [4.69, 9.17) is 10.5 Å². The molecule has 1 aromatic rings. The third kappa shape index (κ3) is 3.65. The molecule has 0 radical (unpaired) electrons. The molecule has 1 saturated heterocycles. The number of carbonyl (C=O) groups is 1. The first-order valence-corrected chi connectivity index (χ1v) is 7.54. The summed E-state index contributed by atoms with van der Waals surface area (Å²) >= 11 is 0. The minimum Gasteiger partial charge on any atom is -0.462 e. The van der Waals surface area contributed by atoms with E-state index in [0.29, 0.717) is 17.9 Å². The molecule has 110 valence electrons. The van der Waals surface area contributed by atoms with Crippen LogP contribution in [0.5, 0.6) is 0 Å². The van der Waals surface area contributed by atoms with Crippen molar-refractivity contribution in [3.05, 3.63) is 23.8 Å². The molecule has 1 fully saturated rings. The Morgan fingerprint density at radius 2 is 2.05 bits per heavy atom. The van der Waals surface area contributed by atoms with Gasteiger partial charge in [0.2, 0.25) is 0 Å². The van der Waals surface area contributed by atoms with Gasteiger partial charge in [-0.05, 0) is 43.9 Å². The van der Waals surface area contributed by atoms with Crippen LogP contribution in [0.2, 0.25) is 0 Å². The first kappa shape index (κ1) is 14.7. The molecule has 2 N–H and O–H groups in total. The van der Waals surface area contributed by atoms with E-state index in [9.17, 15) is 4.79 Å². The Bertz CT molecular complexity index is 454. The second-order valence-corrected chi connectivity index (χ2v) is 5.31. The van der Waals surface area contributed by atoms with Crippen LogP contribution in [0.3, 0.4) is 0 Å². The van der Waals surface area contributed by atoms with Gasteiger partial charge in [0, 0.05) is 13.1 Å². The summed E-state index contributed by atoms with van der Waals surface area (Å²) in [6.07, 6.45) is 5.62. The Labute approximate surface area is 120 Å². The molecule has 0 aliphatic carbocycles. The Balaban J connectivity index is 2.03. The maximum absolute atomic E-state index is 11.9. The Kier molecular flexibility index (Phi) is 5.27. The molecule has 20 heavy (non-hydrogen) atoms. The lowest BCUT2D eigenvalue weighted by Crippen LogP contribution is -2.30. The molecule has 4 heteroatoms. The van der Waals surface area contributed by atoms with Crippen LogP contribution in [0, 0.1) is 0 Å². The minimum atomic E-state index is -0.282. The molecule has 0 unspecified atom stereocenters. The van der Waals surface area contributed by atoms with Gasteiger partial charge in [-0.2, -0.15) is 0 Å². The van der Waals surface area contributed by atoms with Crippen molar-refractivity contribution in [1.82, 2.24) is 0 Å². The van der Waals surface area contributed by atoms with Gasteiger partial charge in [0.15, 0.2) is 0 Å². The monoisotopic (exact) mass is 276 g/mol. The van der Waals surface area contributed by atoms with E-state index in [1.165, 1.54) is 19.3 Å². The first-order chi connectivity index (χ1) is 9.72. The molecule has 0 saturated carbocycles. The fourth-order valence-electron chi connectivity index (χ4n) is 2.50. The summed E-state index contributed by atoms with van der Waals surface area (Å²) in [6.45, 7) is 4.64. The quantitative estimate of drug-likeness (QED) is 0.509. The van der Waals surface area contributed by atoms with E-state index in [-0.39, 0.29) is 5.97 Å². The summed E-state index contributed by atoms with van der Waals surface area (Å²) < 4.78 is 5.20. The molecule has 2 rings (SSSR count). The molecule has 0 spiro atoms. The van der Waals surface area contributed by atoms with Crippen molar-refractivity contribution in [2.24, 2.45) is 0 Å². The van der Waals surface area contributed by atoms with Crippen LogP contribution >= 0.6 is 0 Å². The van der Waals surface area contributed by atoms with Crippen molar-refractivity contribution in [1.29, 1.82) is 0 Å². The lowest BCUT2D eigenvalue weighted by Gasteiger charge is -2.29. The highest BCUT2D eigenvalue weighted by atomic mass is 16.5.